The van der Waals surface area contributed by atoms with E-state index in [1.54, 1.807) is 4.68 Å². The lowest BCUT2D eigenvalue weighted by molar-refractivity contribution is -0.144. The Hall–Kier alpha value is -1.20. The molecule has 1 fully saturated rings. The third-order valence-electron chi connectivity index (χ3n) is 2.30. The lowest BCUT2D eigenvalue weighted by Gasteiger charge is -2.21. The van der Waals surface area contributed by atoms with Gasteiger partial charge in [-0.2, -0.15) is 5.10 Å². The van der Waals surface area contributed by atoms with E-state index >= 15 is 0 Å². The summed E-state index contributed by atoms with van der Waals surface area (Å²) in [5.41, 5.74) is 0.775. The lowest BCUT2D eigenvalue weighted by Crippen LogP contribution is -2.36. The van der Waals surface area contributed by atoms with Crippen LogP contribution >= 0.6 is 0 Å². The molecular formula is C10H14N2O3. The van der Waals surface area contributed by atoms with Crippen LogP contribution in [0.15, 0.2) is 12.3 Å². The Bertz CT molecular complexity index is 342. The average Bonchev–Trinajstić information content (AvgIpc) is 2.65. The van der Waals surface area contributed by atoms with E-state index < -0.39 is 6.10 Å². The molecular weight excluding hydrogens is 196 g/mol. The van der Waals surface area contributed by atoms with Crippen LogP contribution < -0.4 is 0 Å². The third kappa shape index (κ3) is 2.64. The summed E-state index contributed by atoms with van der Waals surface area (Å²) in [6.07, 6.45) is 1.72. The summed E-state index contributed by atoms with van der Waals surface area (Å²) in [5, 5.41) is 4.14. The van der Waals surface area contributed by atoms with Crippen molar-refractivity contribution in [3.8, 4) is 0 Å². The van der Waals surface area contributed by atoms with Crippen LogP contribution in [0.3, 0.4) is 0 Å². The van der Waals surface area contributed by atoms with Gasteiger partial charge in [0.2, 0.25) is 0 Å². The van der Waals surface area contributed by atoms with Gasteiger partial charge in [0.25, 0.3) is 0 Å². The number of aromatic nitrogens is 2. The molecule has 1 aliphatic heterocycles. The number of hydrogen-bond donors (Lipinski definition) is 0. The Balaban J connectivity index is 1.91. The maximum absolute atomic E-state index is 11.7. The molecule has 2 rings (SSSR count). The van der Waals surface area contributed by atoms with Crippen molar-refractivity contribution in [2.24, 2.45) is 7.05 Å². The van der Waals surface area contributed by atoms with Gasteiger partial charge in [-0.3, -0.25) is 9.48 Å². The molecule has 0 aromatic carbocycles. The molecule has 1 aromatic heterocycles. The second-order valence-corrected chi connectivity index (χ2v) is 3.56. The number of ether oxygens (including phenoxy) is 2. The van der Waals surface area contributed by atoms with Crippen LogP contribution in [0.4, 0.5) is 0 Å². The van der Waals surface area contributed by atoms with Crippen LogP contribution in [0.1, 0.15) is 5.69 Å². The van der Waals surface area contributed by atoms with Crippen molar-refractivity contribution in [1.82, 2.24) is 9.78 Å². The number of hydrogen-bond acceptors (Lipinski definition) is 4. The van der Waals surface area contributed by atoms with Gasteiger partial charge in [0.05, 0.1) is 31.9 Å². The fourth-order valence-corrected chi connectivity index (χ4v) is 1.52. The first-order valence-corrected chi connectivity index (χ1v) is 4.96. The van der Waals surface area contributed by atoms with Gasteiger partial charge < -0.3 is 9.47 Å². The predicted molar refractivity (Wildman–Crippen MR) is 52.5 cm³/mol. The standard InChI is InChI=1S/C10H14N2O3/c1-12-3-2-8(11-12)6-9(13)10-7-14-4-5-15-10/h2-3,10H,4-7H2,1H3. The molecule has 1 aromatic rings. The second-order valence-electron chi connectivity index (χ2n) is 3.56. The molecule has 1 aliphatic rings. The SMILES string of the molecule is Cn1ccc(CC(=O)C2COCCO2)n1. The molecule has 1 unspecified atom stereocenters. The number of nitrogens with zero attached hydrogens (tertiary/aromatic N) is 2. The number of ketones is 1. The summed E-state index contributed by atoms with van der Waals surface area (Å²) in [4.78, 5) is 11.7. The van der Waals surface area contributed by atoms with Crippen molar-refractivity contribution < 1.29 is 14.3 Å². The van der Waals surface area contributed by atoms with E-state index in [2.05, 4.69) is 5.10 Å². The molecule has 0 N–H and O–H groups in total. The number of carbonyl (C=O) groups is 1. The van der Waals surface area contributed by atoms with E-state index in [9.17, 15) is 4.79 Å². The fourth-order valence-electron chi connectivity index (χ4n) is 1.52. The average molecular weight is 210 g/mol. The van der Waals surface area contributed by atoms with Crippen LogP contribution in [0, 0.1) is 0 Å². The van der Waals surface area contributed by atoms with Gasteiger partial charge >= 0.3 is 0 Å². The van der Waals surface area contributed by atoms with Gasteiger partial charge in [0.15, 0.2) is 5.78 Å². The minimum atomic E-state index is -0.416. The van der Waals surface area contributed by atoms with E-state index in [-0.39, 0.29) is 5.78 Å². The Labute approximate surface area is 88.0 Å². The van der Waals surface area contributed by atoms with Crippen LogP contribution in [-0.2, 0) is 27.7 Å². The molecule has 5 nitrogen and oxygen atoms in total. The van der Waals surface area contributed by atoms with E-state index in [1.165, 1.54) is 0 Å². The first-order valence-electron chi connectivity index (χ1n) is 4.96. The minimum absolute atomic E-state index is 0.0356. The number of Topliss-reactive ketones (excluding diaryl/α,β-unsaturated/α-hetero) is 1. The third-order valence-corrected chi connectivity index (χ3v) is 2.30. The van der Waals surface area contributed by atoms with Crippen molar-refractivity contribution in [2.75, 3.05) is 19.8 Å². The zero-order valence-corrected chi connectivity index (χ0v) is 8.68. The molecule has 0 bridgehead atoms. The Morgan fingerprint density at radius 2 is 2.53 bits per heavy atom. The lowest BCUT2D eigenvalue weighted by atomic mass is 10.1. The molecule has 2 heterocycles. The number of carbonyl (C=O) groups excluding carboxylic acids is 1. The second kappa shape index (κ2) is 4.55. The molecule has 0 spiro atoms. The topological polar surface area (TPSA) is 53.4 Å². The largest absolute Gasteiger partial charge is 0.376 e. The number of rotatable bonds is 3. The predicted octanol–water partition coefficient (Wildman–Crippen LogP) is -0.0529. The van der Waals surface area contributed by atoms with E-state index in [0.717, 1.165) is 5.69 Å². The minimum Gasteiger partial charge on any atom is -0.376 e. The van der Waals surface area contributed by atoms with Gasteiger partial charge in [-0.15, -0.1) is 0 Å². The monoisotopic (exact) mass is 210 g/mol. The molecule has 0 saturated carbocycles. The van der Waals surface area contributed by atoms with E-state index in [1.807, 2.05) is 19.3 Å². The summed E-state index contributed by atoms with van der Waals surface area (Å²) < 4.78 is 12.2. The summed E-state index contributed by atoms with van der Waals surface area (Å²) in [6, 6.07) is 1.83. The number of aryl methyl sites for hydroxylation is 1. The smallest absolute Gasteiger partial charge is 0.169 e. The van der Waals surface area contributed by atoms with Gasteiger partial charge in [-0.05, 0) is 6.07 Å². The molecule has 1 saturated heterocycles. The zero-order chi connectivity index (χ0) is 10.7. The molecule has 5 heteroatoms. The zero-order valence-electron chi connectivity index (χ0n) is 8.68. The highest BCUT2D eigenvalue weighted by Gasteiger charge is 2.23. The Morgan fingerprint density at radius 1 is 1.67 bits per heavy atom. The normalized spacial score (nSPS) is 21.5. The first kappa shape index (κ1) is 10.3. The Kier molecular flexibility index (Phi) is 3.13. The molecule has 1 atom stereocenters. The van der Waals surface area contributed by atoms with Crippen molar-refractivity contribution >= 4 is 5.78 Å². The van der Waals surface area contributed by atoms with E-state index in [0.29, 0.717) is 26.2 Å². The quantitative estimate of drug-likeness (QED) is 0.701. The summed E-state index contributed by atoms with van der Waals surface area (Å²) >= 11 is 0. The van der Waals surface area contributed by atoms with Crippen molar-refractivity contribution in [3.63, 3.8) is 0 Å². The first-order chi connectivity index (χ1) is 7.25. The highest BCUT2D eigenvalue weighted by atomic mass is 16.6. The van der Waals surface area contributed by atoms with Gasteiger partial charge in [-0.1, -0.05) is 0 Å². The molecule has 0 aliphatic carbocycles. The molecule has 0 radical (unpaired) electrons. The van der Waals surface area contributed by atoms with Gasteiger partial charge in [-0.25, -0.2) is 0 Å². The van der Waals surface area contributed by atoms with Crippen LogP contribution in [-0.4, -0.2) is 41.5 Å². The van der Waals surface area contributed by atoms with Crippen molar-refractivity contribution in [2.45, 2.75) is 12.5 Å². The molecule has 82 valence electrons. The highest BCUT2D eigenvalue weighted by molar-refractivity contribution is 5.85. The van der Waals surface area contributed by atoms with Crippen LogP contribution in [0.5, 0.6) is 0 Å². The summed E-state index contributed by atoms with van der Waals surface area (Å²) in [5.74, 6) is 0.0356. The maximum Gasteiger partial charge on any atom is 0.169 e. The van der Waals surface area contributed by atoms with Crippen LogP contribution in [0.25, 0.3) is 0 Å². The summed E-state index contributed by atoms with van der Waals surface area (Å²) in [6.45, 7) is 1.44. The summed E-state index contributed by atoms with van der Waals surface area (Å²) in [7, 11) is 1.83. The highest BCUT2D eigenvalue weighted by Crippen LogP contribution is 2.06. The molecule has 15 heavy (non-hydrogen) atoms. The fraction of sp³-hybridized carbons (Fsp3) is 0.600. The Morgan fingerprint density at radius 3 is 3.13 bits per heavy atom. The maximum atomic E-state index is 11.7. The van der Waals surface area contributed by atoms with Gasteiger partial charge in [0, 0.05) is 13.2 Å². The molecule has 0 amide bonds. The van der Waals surface area contributed by atoms with Crippen molar-refractivity contribution in [1.29, 1.82) is 0 Å². The van der Waals surface area contributed by atoms with E-state index in [4.69, 9.17) is 9.47 Å². The van der Waals surface area contributed by atoms with Crippen LogP contribution in [0.2, 0.25) is 0 Å². The van der Waals surface area contributed by atoms with Crippen molar-refractivity contribution in [3.05, 3.63) is 18.0 Å². The van der Waals surface area contributed by atoms with Gasteiger partial charge in [0.1, 0.15) is 6.10 Å².